The monoisotopic (exact) mass is 279 g/mol. The zero-order valence-corrected chi connectivity index (χ0v) is 12.5. The van der Waals surface area contributed by atoms with Gasteiger partial charge in [0.1, 0.15) is 5.75 Å². The highest BCUT2D eigenvalue weighted by atomic mass is 32.1. The molecule has 5 heteroatoms. The molecule has 1 aromatic rings. The molecule has 0 aliphatic heterocycles. The molecule has 0 saturated carbocycles. The van der Waals surface area contributed by atoms with Gasteiger partial charge in [0, 0.05) is 11.4 Å². The van der Waals surface area contributed by atoms with E-state index in [1.54, 1.807) is 0 Å². The summed E-state index contributed by atoms with van der Waals surface area (Å²) in [6, 6.07) is 7.65. The summed E-state index contributed by atoms with van der Waals surface area (Å²) in [5, 5.41) is 7.80. The number of hydrogen-bond acceptors (Lipinski definition) is 3. The standard InChI is InChI=1S/C14H21N3OS/c1-4-11(5-2)16-17-14(19)15-12-7-9-13(10-8-12)18-6-3/h7-10H,4-6H2,1-3H3,(H2,15,17,19). The highest BCUT2D eigenvalue weighted by Gasteiger charge is 1.98. The van der Waals surface area contributed by atoms with Gasteiger partial charge in [-0.15, -0.1) is 0 Å². The van der Waals surface area contributed by atoms with E-state index >= 15 is 0 Å². The molecule has 0 bridgehead atoms. The molecule has 0 aromatic heterocycles. The van der Waals surface area contributed by atoms with Crippen molar-refractivity contribution in [3.8, 4) is 5.75 Å². The maximum Gasteiger partial charge on any atom is 0.191 e. The van der Waals surface area contributed by atoms with Crippen molar-refractivity contribution in [2.24, 2.45) is 5.10 Å². The van der Waals surface area contributed by atoms with Gasteiger partial charge in [0.05, 0.1) is 6.61 Å². The molecule has 4 nitrogen and oxygen atoms in total. The molecule has 0 heterocycles. The third kappa shape index (κ3) is 5.70. The number of nitrogens with one attached hydrogen (secondary N) is 2. The van der Waals surface area contributed by atoms with Crippen molar-refractivity contribution in [1.29, 1.82) is 0 Å². The van der Waals surface area contributed by atoms with Gasteiger partial charge in [-0.25, -0.2) is 0 Å². The molecule has 0 amide bonds. The first-order valence-electron chi connectivity index (χ1n) is 6.54. The minimum absolute atomic E-state index is 0.489. The molecule has 0 unspecified atom stereocenters. The Morgan fingerprint density at radius 3 is 2.32 bits per heavy atom. The van der Waals surface area contributed by atoms with Gasteiger partial charge in [-0.2, -0.15) is 5.10 Å². The molecule has 2 N–H and O–H groups in total. The molecule has 1 aromatic carbocycles. The third-order valence-electron chi connectivity index (χ3n) is 2.55. The first-order valence-corrected chi connectivity index (χ1v) is 6.95. The lowest BCUT2D eigenvalue weighted by molar-refractivity contribution is 0.340. The Hall–Kier alpha value is -1.62. The second kappa shape index (κ2) is 8.48. The maximum absolute atomic E-state index is 5.38. The minimum Gasteiger partial charge on any atom is -0.494 e. The van der Waals surface area contributed by atoms with Crippen LogP contribution in [-0.2, 0) is 0 Å². The smallest absolute Gasteiger partial charge is 0.191 e. The van der Waals surface area contributed by atoms with Gasteiger partial charge in [-0.05, 0) is 56.2 Å². The van der Waals surface area contributed by atoms with Crippen molar-refractivity contribution in [2.75, 3.05) is 11.9 Å². The lowest BCUT2D eigenvalue weighted by Crippen LogP contribution is -2.25. The number of thiocarbonyl (C=S) groups is 1. The van der Waals surface area contributed by atoms with E-state index in [1.807, 2.05) is 31.2 Å². The van der Waals surface area contributed by atoms with Gasteiger partial charge >= 0.3 is 0 Å². The van der Waals surface area contributed by atoms with Gasteiger partial charge < -0.3 is 10.1 Å². The minimum atomic E-state index is 0.489. The first-order chi connectivity index (χ1) is 9.19. The molecule has 0 fully saturated rings. The van der Waals surface area contributed by atoms with E-state index in [9.17, 15) is 0 Å². The van der Waals surface area contributed by atoms with E-state index < -0.39 is 0 Å². The third-order valence-corrected chi connectivity index (χ3v) is 2.75. The van der Waals surface area contributed by atoms with E-state index in [2.05, 4.69) is 29.7 Å². The number of anilines is 1. The number of ether oxygens (including phenoxy) is 1. The molecule has 104 valence electrons. The van der Waals surface area contributed by atoms with Crippen molar-refractivity contribution in [3.05, 3.63) is 24.3 Å². The molecule has 1 rings (SSSR count). The number of hydrogen-bond donors (Lipinski definition) is 2. The van der Waals surface area contributed by atoms with Crippen LogP contribution in [0.4, 0.5) is 5.69 Å². The average molecular weight is 279 g/mol. The first kappa shape index (κ1) is 15.4. The molecule has 0 aliphatic carbocycles. The van der Waals surface area contributed by atoms with E-state index in [4.69, 9.17) is 17.0 Å². The van der Waals surface area contributed by atoms with E-state index in [0.717, 1.165) is 30.0 Å². The summed E-state index contributed by atoms with van der Waals surface area (Å²) < 4.78 is 5.38. The molecular weight excluding hydrogens is 258 g/mol. The van der Waals surface area contributed by atoms with Crippen molar-refractivity contribution < 1.29 is 4.74 Å². The number of hydrazone groups is 1. The Bertz CT molecular complexity index is 423. The summed E-state index contributed by atoms with van der Waals surface area (Å²) in [7, 11) is 0. The SMILES string of the molecule is CCOc1ccc(NC(=S)NN=C(CC)CC)cc1. The quantitative estimate of drug-likeness (QED) is 0.475. The van der Waals surface area contributed by atoms with Crippen LogP contribution in [-0.4, -0.2) is 17.4 Å². The van der Waals surface area contributed by atoms with Crippen LogP contribution in [0.3, 0.4) is 0 Å². The second-order valence-electron chi connectivity index (χ2n) is 3.91. The summed E-state index contributed by atoms with van der Waals surface area (Å²) in [6.07, 6.45) is 1.85. The molecule has 19 heavy (non-hydrogen) atoms. The Morgan fingerprint density at radius 2 is 1.79 bits per heavy atom. The maximum atomic E-state index is 5.38. The van der Waals surface area contributed by atoms with Crippen LogP contribution in [0, 0.1) is 0 Å². The zero-order valence-electron chi connectivity index (χ0n) is 11.7. The topological polar surface area (TPSA) is 45.6 Å². The summed E-state index contributed by atoms with van der Waals surface area (Å²) >= 11 is 5.17. The van der Waals surface area contributed by atoms with Crippen molar-refractivity contribution in [3.63, 3.8) is 0 Å². The largest absolute Gasteiger partial charge is 0.494 e. The number of nitrogens with zero attached hydrogens (tertiary/aromatic N) is 1. The Morgan fingerprint density at radius 1 is 1.16 bits per heavy atom. The van der Waals surface area contributed by atoms with Crippen LogP contribution >= 0.6 is 12.2 Å². The lowest BCUT2D eigenvalue weighted by Gasteiger charge is -2.09. The van der Waals surface area contributed by atoms with Gasteiger partial charge in [0.15, 0.2) is 5.11 Å². The van der Waals surface area contributed by atoms with Gasteiger partial charge in [0.25, 0.3) is 0 Å². The van der Waals surface area contributed by atoms with E-state index in [-0.39, 0.29) is 0 Å². The van der Waals surface area contributed by atoms with Crippen molar-refractivity contribution in [2.45, 2.75) is 33.6 Å². The highest BCUT2D eigenvalue weighted by molar-refractivity contribution is 7.80. The predicted octanol–water partition coefficient (Wildman–Crippen LogP) is 3.55. The lowest BCUT2D eigenvalue weighted by atomic mass is 10.2. The van der Waals surface area contributed by atoms with Crippen LogP contribution in [0.2, 0.25) is 0 Å². The van der Waals surface area contributed by atoms with Crippen molar-refractivity contribution in [1.82, 2.24) is 5.43 Å². The summed E-state index contributed by atoms with van der Waals surface area (Å²) in [4.78, 5) is 0. The van der Waals surface area contributed by atoms with E-state index in [0.29, 0.717) is 11.7 Å². The fourth-order valence-electron chi connectivity index (χ4n) is 1.50. The molecule has 0 aliphatic rings. The Balaban J connectivity index is 2.50. The van der Waals surface area contributed by atoms with Gasteiger partial charge in [0.2, 0.25) is 0 Å². The van der Waals surface area contributed by atoms with Gasteiger partial charge in [-0.1, -0.05) is 13.8 Å². The van der Waals surface area contributed by atoms with Crippen LogP contribution in [0.25, 0.3) is 0 Å². The van der Waals surface area contributed by atoms with Crippen LogP contribution in [0.1, 0.15) is 33.6 Å². The number of rotatable bonds is 6. The van der Waals surface area contributed by atoms with E-state index in [1.165, 1.54) is 0 Å². The molecule has 0 atom stereocenters. The van der Waals surface area contributed by atoms with Crippen molar-refractivity contribution >= 4 is 28.7 Å². The van der Waals surface area contributed by atoms with Crippen LogP contribution in [0.5, 0.6) is 5.75 Å². The van der Waals surface area contributed by atoms with Crippen LogP contribution in [0.15, 0.2) is 29.4 Å². The average Bonchev–Trinajstić information content (AvgIpc) is 2.42. The molecular formula is C14H21N3OS. The highest BCUT2D eigenvalue weighted by Crippen LogP contribution is 2.15. The molecule has 0 radical (unpaired) electrons. The predicted molar refractivity (Wildman–Crippen MR) is 85.0 cm³/mol. The molecule has 0 spiro atoms. The fraction of sp³-hybridized carbons (Fsp3) is 0.429. The normalized spacial score (nSPS) is 9.63. The summed E-state index contributed by atoms with van der Waals surface area (Å²) in [5.41, 5.74) is 4.85. The van der Waals surface area contributed by atoms with Gasteiger partial charge in [-0.3, -0.25) is 5.43 Å². The zero-order chi connectivity index (χ0) is 14.1. The molecule has 0 saturated heterocycles. The number of benzene rings is 1. The van der Waals surface area contributed by atoms with Crippen LogP contribution < -0.4 is 15.5 Å². The summed E-state index contributed by atoms with van der Waals surface area (Å²) in [5.74, 6) is 0.851. The Kier molecular flexibility index (Phi) is 6.89. The fourth-order valence-corrected chi connectivity index (χ4v) is 1.66. The Labute approximate surface area is 120 Å². The second-order valence-corrected chi connectivity index (χ2v) is 4.32. The summed E-state index contributed by atoms with van der Waals surface area (Å²) in [6.45, 7) is 6.78.